The summed E-state index contributed by atoms with van der Waals surface area (Å²) in [7, 11) is 0. The van der Waals surface area contributed by atoms with Gasteiger partial charge in [-0.25, -0.2) is 4.39 Å². The molecule has 0 amide bonds. The molecule has 0 aromatic heterocycles. The first kappa shape index (κ1) is 13.6. The highest BCUT2D eigenvalue weighted by molar-refractivity contribution is 7.98. The molecule has 0 unspecified atom stereocenters. The minimum Gasteiger partial charge on any atom is -0.392 e. The Balaban J connectivity index is 2.08. The highest BCUT2D eigenvalue weighted by atomic mass is 32.2. The first-order valence-electron chi connectivity index (χ1n) is 5.74. The number of rotatable bonds is 4. The molecular formula is C15H12FNOS. The van der Waals surface area contributed by atoms with E-state index in [9.17, 15) is 4.39 Å². The lowest BCUT2D eigenvalue weighted by molar-refractivity contribution is 0.282. The van der Waals surface area contributed by atoms with Crippen LogP contribution in [0.1, 0.15) is 16.7 Å². The van der Waals surface area contributed by atoms with E-state index in [0.29, 0.717) is 11.3 Å². The van der Waals surface area contributed by atoms with Crippen molar-refractivity contribution < 1.29 is 9.50 Å². The van der Waals surface area contributed by atoms with Crippen molar-refractivity contribution in [1.82, 2.24) is 0 Å². The van der Waals surface area contributed by atoms with Crippen LogP contribution in [0.4, 0.5) is 4.39 Å². The lowest BCUT2D eigenvalue weighted by atomic mass is 10.1. The first-order valence-corrected chi connectivity index (χ1v) is 6.72. The van der Waals surface area contributed by atoms with Crippen LogP contribution in [0.25, 0.3) is 0 Å². The third kappa shape index (κ3) is 3.57. The zero-order valence-electron chi connectivity index (χ0n) is 10.1. The molecule has 2 rings (SSSR count). The van der Waals surface area contributed by atoms with Gasteiger partial charge in [-0.05, 0) is 35.4 Å². The molecule has 0 radical (unpaired) electrons. The molecule has 0 atom stereocenters. The zero-order valence-corrected chi connectivity index (χ0v) is 11.0. The molecule has 0 aliphatic heterocycles. The van der Waals surface area contributed by atoms with Crippen molar-refractivity contribution >= 4 is 11.8 Å². The van der Waals surface area contributed by atoms with Crippen molar-refractivity contribution in [2.45, 2.75) is 17.3 Å². The van der Waals surface area contributed by atoms with Gasteiger partial charge in [-0.2, -0.15) is 5.26 Å². The van der Waals surface area contributed by atoms with E-state index in [1.807, 2.05) is 30.3 Å². The maximum absolute atomic E-state index is 13.0. The van der Waals surface area contributed by atoms with Gasteiger partial charge in [0.1, 0.15) is 5.82 Å². The molecule has 0 spiro atoms. The molecule has 96 valence electrons. The number of halogens is 1. The molecule has 0 aliphatic carbocycles. The Bertz CT molecular complexity index is 605. The van der Waals surface area contributed by atoms with Crippen molar-refractivity contribution in [1.29, 1.82) is 5.26 Å². The Kier molecular flexibility index (Phi) is 4.56. The summed E-state index contributed by atoms with van der Waals surface area (Å²) in [6.45, 7) is 0.0293. The fourth-order valence-electron chi connectivity index (χ4n) is 1.63. The normalized spacial score (nSPS) is 10.2. The number of benzene rings is 2. The molecule has 0 bridgehead atoms. The summed E-state index contributed by atoms with van der Waals surface area (Å²) in [6.07, 6.45) is 0. The average Bonchev–Trinajstić information content (AvgIpc) is 2.46. The number of hydrogen-bond acceptors (Lipinski definition) is 3. The molecule has 0 saturated carbocycles. The summed E-state index contributed by atoms with van der Waals surface area (Å²) < 4.78 is 13.0. The molecule has 2 aromatic rings. The van der Waals surface area contributed by atoms with E-state index in [4.69, 9.17) is 10.4 Å². The minimum atomic E-state index is -0.391. The molecule has 2 aromatic carbocycles. The molecule has 0 fully saturated rings. The summed E-state index contributed by atoms with van der Waals surface area (Å²) in [5, 5.41) is 17.9. The van der Waals surface area contributed by atoms with E-state index in [2.05, 4.69) is 0 Å². The van der Waals surface area contributed by atoms with Crippen LogP contribution in [0.15, 0.2) is 47.4 Å². The SMILES string of the molecule is N#Cc1cc(F)ccc1CSc1ccc(CO)cc1. The smallest absolute Gasteiger partial charge is 0.124 e. The third-order valence-electron chi connectivity index (χ3n) is 2.69. The van der Waals surface area contributed by atoms with E-state index in [-0.39, 0.29) is 6.61 Å². The van der Waals surface area contributed by atoms with Crippen LogP contribution < -0.4 is 0 Å². The van der Waals surface area contributed by atoms with Gasteiger partial charge in [-0.3, -0.25) is 0 Å². The second-order valence-electron chi connectivity index (χ2n) is 4.00. The maximum atomic E-state index is 13.0. The molecule has 2 nitrogen and oxygen atoms in total. The van der Waals surface area contributed by atoms with Crippen molar-refractivity contribution in [3.8, 4) is 6.07 Å². The third-order valence-corrected chi connectivity index (χ3v) is 3.75. The lowest BCUT2D eigenvalue weighted by Gasteiger charge is -2.05. The molecule has 19 heavy (non-hydrogen) atoms. The summed E-state index contributed by atoms with van der Waals surface area (Å²) in [5.41, 5.74) is 2.06. The van der Waals surface area contributed by atoms with Crippen molar-refractivity contribution in [2.75, 3.05) is 0 Å². The molecule has 4 heteroatoms. The molecule has 0 aliphatic rings. The van der Waals surface area contributed by atoms with E-state index < -0.39 is 5.82 Å². The Morgan fingerprint density at radius 3 is 2.53 bits per heavy atom. The summed E-state index contributed by atoms with van der Waals surface area (Å²) in [6, 6.07) is 13.8. The van der Waals surface area contributed by atoms with Gasteiger partial charge in [0.15, 0.2) is 0 Å². The summed E-state index contributed by atoms with van der Waals surface area (Å²) >= 11 is 1.57. The number of hydrogen-bond donors (Lipinski definition) is 1. The fraction of sp³-hybridized carbons (Fsp3) is 0.133. The maximum Gasteiger partial charge on any atom is 0.124 e. The predicted molar refractivity (Wildman–Crippen MR) is 73.0 cm³/mol. The van der Waals surface area contributed by atoms with Crippen LogP contribution >= 0.6 is 11.8 Å². The number of nitriles is 1. The Hall–Kier alpha value is -1.83. The largest absolute Gasteiger partial charge is 0.392 e. The fourth-order valence-corrected chi connectivity index (χ4v) is 2.53. The molecule has 0 saturated heterocycles. The lowest BCUT2D eigenvalue weighted by Crippen LogP contribution is -1.89. The van der Waals surface area contributed by atoms with Crippen LogP contribution in [-0.2, 0) is 12.4 Å². The Morgan fingerprint density at radius 2 is 1.89 bits per heavy atom. The van der Waals surface area contributed by atoms with Gasteiger partial charge in [-0.15, -0.1) is 11.8 Å². The standard InChI is InChI=1S/C15H12FNOS/c16-14-4-3-12(13(7-14)8-17)10-19-15-5-1-11(9-18)2-6-15/h1-7,18H,9-10H2. The first-order chi connectivity index (χ1) is 9.22. The number of thioether (sulfide) groups is 1. The zero-order chi connectivity index (χ0) is 13.7. The van der Waals surface area contributed by atoms with Crippen molar-refractivity contribution in [2.24, 2.45) is 0 Å². The monoisotopic (exact) mass is 273 g/mol. The summed E-state index contributed by atoms with van der Waals surface area (Å²) in [5.74, 6) is 0.222. The molecule has 1 N–H and O–H groups in total. The summed E-state index contributed by atoms with van der Waals surface area (Å²) in [4.78, 5) is 1.05. The Labute approximate surface area is 115 Å². The van der Waals surface area contributed by atoms with E-state index in [1.54, 1.807) is 17.8 Å². The van der Waals surface area contributed by atoms with E-state index in [0.717, 1.165) is 16.0 Å². The van der Waals surface area contributed by atoms with Crippen LogP contribution in [0.5, 0.6) is 0 Å². The predicted octanol–water partition coefficient (Wildman–Crippen LogP) is 3.48. The van der Waals surface area contributed by atoms with Gasteiger partial charge in [0, 0.05) is 10.6 Å². The van der Waals surface area contributed by atoms with Crippen LogP contribution in [0.2, 0.25) is 0 Å². The molecular weight excluding hydrogens is 261 g/mol. The second kappa shape index (κ2) is 6.37. The highest BCUT2D eigenvalue weighted by Gasteiger charge is 2.04. The van der Waals surface area contributed by atoms with Crippen LogP contribution in [0, 0.1) is 17.1 Å². The van der Waals surface area contributed by atoms with E-state index in [1.165, 1.54) is 12.1 Å². The molecule has 0 heterocycles. The quantitative estimate of drug-likeness (QED) is 0.867. The van der Waals surface area contributed by atoms with Crippen molar-refractivity contribution in [3.63, 3.8) is 0 Å². The number of nitrogens with zero attached hydrogens (tertiary/aromatic N) is 1. The van der Waals surface area contributed by atoms with Gasteiger partial charge in [-0.1, -0.05) is 18.2 Å². The van der Waals surface area contributed by atoms with Gasteiger partial charge in [0.2, 0.25) is 0 Å². The highest BCUT2D eigenvalue weighted by Crippen LogP contribution is 2.25. The number of aliphatic hydroxyl groups is 1. The van der Waals surface area contributed by atoms with Gasteiger partial charge in [0.25, 0.3) is 0 Å². The minimum absolute atomic E-state index is 0.0293. The van der Waals surface area contributed by atoms with E-state index >= 15 is 0 Å². The average molecular weight is 273 g/mol. The Morgan fingerprint density at radius 1 is 1.16 bits per heavy atom. The van der Waals surface area contributed by atoms with Crippen LogP contribution in [0.3, 0.4) is 0 Å². The number of aliphatic hydroxyl groups excluding tert-OH is 1. The topological polar surface area (TPSA) is 44.0 Å². The van der Waals surface area contributed by atoms with Gasteiger partial charge >= 0.3 is 0 Å². The van der Waals surface area contributed by atoms with Gasteiger partial charge in [0.05, 0.1) is 18.2 Å². The second-order valence-corrected chi connectivity index (χ2v) is 5.05. The van der Waals surface area contributed by atoms with Crippen LogP contribution in [-0.4, -0.2) is 5.11 Å². The van der Waals surface area contributed by atoms with Gasteiger partial charge < -0.3 is 5.11 Å². The van der Waals surface area contributed by atoms with Crippen molar-refractivity contribution in [3.05, 3.63) is 65.0 Å².